The zero-order valence-electron chi connectivity index (χ0n) is 13.9. The van der Waals surface area contributed by atoms with E-state index in [1.807, 2.05) is 79.0 Å². The number of nitriles is 1. The van der Waals surface area contributed by atoms with E-state index in [0.29, 0.717) is 17.2 Å². The van der Waals surface area contributed by atoms with Crippen molar-refractivity contribution in [2.24, 2.45) is 4.99 Å². The molecule has 0 aliphatic rings. The molecule has 4 heteroatoms. The maximum Gasteiger partial charge on any atom is 0.238 e. The van der Waals surface area contributed by atoms with Crippen molar-refractivity contribution in [3.63, 3.8) is 0 Å². The summed E-state index contributed by atoms with van der Waals surface area (Å²) in [6.45, 7) is 0. The second kappa shape index (κ2) is 6.96. The van der Waals surface area contributed by atoms with E-state index in [2.05, 4.69) is 16.0 Å². The molecule has 0 saturated carbocycles. The van der Waals surface area contributed by atoms with Gasteiger partial charge < -0.3 is 9.40 Å². The van der Waals surface area contributed by atoms with E-state index >= 15 is 0 Å². The molecule has 0 radical (unpaired) electrons. The number of nitrogens with zero attached hydrogens (tertiary/aromatic N) is 2. The predicted molar refractivity (Wildman–Crippen MR) is 102 cm³/mol. The standard InChI is InChI=1S/C22H15N3O/c23-14-19-20(16-8-3-1-4-9-16)21(17-10-5-2-6-11-17)26-22(19)25-15-18-12-7-13-24-18/h1-13,15,24H. The van der Waals surface area contributed by atoms with Gasteiger partial charge in [-0.2, -0.15) is 5.26 Å². The number of aliphatic imine (C=N–C) groups is 1. The van der Waals surface area contributed by atoms with Crippen molar-refractivity contribution in [2.75, 3.05) is 0 Å². The van der Waals surface area contributed by atoms with Crippen LogP contribution in [0, 0.1) is 11.3 Å². The topological polar surface area (TPSA) is 65.1 Å². The molecule has 2 aromatic heterocycles. The monoisotopic (exact) mass is 337 g/mol. The Morgan fingerprint density at radius 3 is 2.19 bits per heavy atom. The van der Waals surface area contributed by atoms with Gasteiger partial charge in [0, 0.05) is 17.3 Å². The maximum absolute atomic E-state index is 9.79. The quantitative estimate of drug-likeness (QED) is 0.495. The van der Waals surface area contributed by atoms with Crippen LogP contribution in [-0.2, 0) is 0 Å². The highest BCUT2D eigenvalue weighted by Crippen LogP contribution is 2.42. The molecule has 2 aromatic carbocycles. The van der Waals surface area contributed by atoms with E-state index in [4.69, 9.17) is 4.42 Å². The summed E-state index contributed by atoms with van der Waals surface area (Å²) in [5.41, 5.74) is 3.86. The van der Waals surface area contributed by atoms with Crippen LogP contribution in [0.4, 0.5) is 5.88 Å². The fourth-order valence-electron chi connectivity index (χ4n) is 2.84. The van der Waals surface area contributed by atoms with Crippen molar-refractivity contribution >= 4 is 12.1 Å². The van der Waals surface area contributed by atoms with Crippen molar-refractivity contribution < 1.29 is 4.42 Å². The number of benzene rings is 2. The predicted octanol–water partition coefficient (Wildman–Crippen LogP) is 5.56. The molecule has 2 heterocycles. The zero-order valence-corrected chi connectivity index (χ0v) is 13.9. The van der Waals surface area contributed by atoms with Gasteiger partial charge in [0.2, 0.25) is 5.88 Å². The molecule has 124 valence electrons. The average molecular weight is 337 g/mol. The van der Waals surface area contributed by atoms with E-state index in [-0.39, 0.29) is 0 Å². The number of rotatable bonds is 4. The summed E-state index contributed by atoms with van der Waals surface area (Å²) in [5, 5.41) is 9.79. The van der Waals surface area contributed by atoms with Crippen molar-refractivity contribution in [3.05, 3.63) is 90.3 Å². The van der Waals surface area contributed by atoms with Gasteiger partial charge in [-0.1, -0.05) is 60.7 Å². The minimum Gasteiger partial charge on any atom is -0.436 e. The van der Waals surface area contributed by atoms with Crippen molar-refractivity contribution in [2.45, 2.75) is 0 Å². The van der Waals surface area contributed by atoms with Crippen LogP contribution in [0.2, 0.25) is 0 Å². The number of furan rings is 1. The first kappa shape index (κ1) is 15.7. The number of hydrogen-bond acceptors (Lipinski definition) is 3. The third kappa shape index (κ3) is 2.94. The van der Waals surface area contributed by atoms with E-state index in [1.54, 1.807) is 6.21 Å². The lowest BCUT2D eigenvalue weighted by Gasteiger charge is -2.03. The SMILES string of the molecule is N#Cc1c(N=Cc2ccc[nH]2)oc(-c2ccccc2)c1-c1ccccc1. The molecule has 0 saturated heterocycles. The lowest BCUT2D eigenvalue weighted by atomic mass is 9.98. The molecule has 4 rings (SSSR count). The van der Waals surface area contributed by atoms with Gasteiger partial charge in [0.05, 0.1) is 11.9 Å². The third-order valence-electron chi connectivity index (χ3n) is 4.04. The molecule has 4 aromatic rings. The number of aromatic nitrogens is 1. The Balaban J connectivity index is 1.92. The Bertz CT molecular complexity index is 1070. The van der Waals surface area contributed by atoms with Gasteiger partial charge in [0.1, 0.15) is 17.4 Å². The Labute approximate surface area is 151 Å². The second-order valence-corrected chi connectivity index (χ2v) is 5.71. The van der Waals surface area contributed by atoms with Gasteiger partial charge >= 0.3 is 0 Å². The summed E-state index contributed by atoms with van der Waals surface area (Å²) in [6.07, 6.45) is 3.47. The van der Waals surface area contributed by atoms with Gasteiger partial charge in [-0.15, -0.1) is 0 Å². The lowest BCUT2D eigenvalue weighted by Crippen LogP contribution is -1.83. The second-order valence-electron chi connectivity index (χ2n) is 5.71. The zero-order chi connectivity index (χ0) is 17.8. The Hall–Kier alpha value is -3.84. The first-order valence-corrected chi connectivity index (χ1v) is 8.22. The fraction of sp³-hybridized carbons (Fsp3) is 0. The molecule has 0 atom stereocenters. The Morgan fingerprint density at radius 2 is 1.58 bits per heavy atom. The summed E-state index contributed by atoms with van der Waals surface area (Å²) in [7, 11) is 0. The molecular formula is C22H15N3O. The molecule has 0 amide bonds. The van der Waals surface area contributed by atoms with Crippen LogP contribution >= 0.6 is 0 Å². The van der Waals surface area contributed by atoms with E-state index in [1.165, 1.54) is 0 Å². The van der Waals surface area contributed by atoms with Gasteiger partial charge in [-0.05, 0) is 17.7 Å². The molecule has 26 heavy (non-hydrogen) atoms. The maximum atomic E-state index is 9.79. The Morgan fingerprint density at radius 1 is 0.885 bits per heavy atom. The molecule has 0 bridgehead atoms. The fourth-order valence-corrected chi connectivity index (χ4v) is 2.84. The number of H-pyrrole nitrogens is 1. The van der Waals surface area contributed by atoms with Crippen LogP contribution in [-0.4, -0.2) is 11.2 Å². The van der Waals surface area contributed by atoms with Gasteiger partial charge in [0.15, 0.2) is 0 Å². The number of nitrogens with one attached hydrogen (secondary N) is 1. The van der Waals surface area contributed by atoms with Crippen LogP contribution in [0.1, 0.15) is 11.3 Å². The summed E-state index contributed by atoms with van der Waals surface area (Å²) in [4.78, 5) is 7.46. The molecule has 0 unspecified atom stereocenters. The summed E-state index contributed by atoms with van der Waals surface area (Å²) >= 11 is 0. The molecule has 0 fully saturated rings. The number of hydrogen-bond donors (Lipinski definition) is 1. The number of aromatic amines is 1. The van der Waals surface area contributed by atoms with Crippen LogP contribution in [0.3, 0.4) is 0 Å². The molecule has 0 aliphatic heterocycles. The molecule has 0 aliphatic carbocycles. The molecule has 0 spiro atoms. The van der Waals surface area contributed by atoms with E-state index < -0.39 is 0 Å². The van der Waals surface area contributed by atoms with Gasteiger partial charge in [0.25, 0.3) is 0 Å². The van der Waals surface area contributed by atoms with E-state index in [9.17, 15) is 5.26 Å². The third-order valence-corrected chi connectivity index (χ3v) is 4.04. The average Bonchev–Trinajstić information content (AvgIpc) is 3.35. The first-order valence-electron chi connectivity index (χ1n) is 8.22. The largest absolute Gasteiger partial charge is 0.436 e. The highest BCUT2D eigenvalue weighted by atomic mass is 16.4. The van der Waals surface area contributed by atoms with E-state index in [0.717, 1.165) is 22.4 Å². The van der Waals surface area contributed by atoms with Gasteiger partial charge in [-0.3, -0.25) is 0 Å². The van der Waals surface area contributed by atoms with Crippen molar-refractivity contribution in [1.29, 1.82) is 5.26 Å². The normalized spacial score (nSPS) is 10.9. The minimum atomic E-state index is 0.305. The smallest absolute Gasteiger partial charge is 0.238 e. The van der Waals surface area contributed by atoms with Gasteiger partial charge in [-0.25, -0.2) is 4.99 Å². The highest BCUT2D eigenvalue weighted by molar-refractivity contribution is 5.89. The minimum absolute atomic E-state index is 0.305. The molecular weight excluding hydrogens is 322 g/mol. The summed E-state index contributed by atoms with van der Waals surface area (Å²) in [6, 6.07) is 25.6. The first-order chi connectivity index (χ1) is 12.9. The van der Waals surface area contributed by atoms with Crippen molar-refractivity contribution in [3.8, 4) is 28.5 Å². The molecule has 1 N–H and O–H groups in total. The Kier molecular flexibility index (Phi) is 4.19. The highest BCUT2D eigenvalue weighted by Gasteiger charge is 2.22. The van der Waals surface area contributed by atoms with Crippen LogP contribution < -0.4 is 0 Å². The van der Waals surface area contributed by atoms with Crippen molar-refractivity contribution in [1.82, 2.24) is 4.98 Å². The summed E-state index contributed by atoms with van der Waals surface area (Å²) < 4.78 is 6.04. The summed E-state index contributed by atoms with van der Waals surface area (Å²) in [5.74, 6) is 0.951. The lowest BCUT2D eigenvalue weighted by molar-refractivity contribution is 0.593. The van der Waals surface area contributed by atoms with Crippen LogP contribution in [0.5, 0.6) is 0 Å². The van der Waals surface area contributed by atoms with Crippen LogP contribution in [0.15, 0.2) is 88.4 Å². The molecule has 4 nitrogen and oxygen atoms in total. The van der Waals surface area contributed by atoms with Crippen LogP contribution in [0.25, 0.3) is 22.5 Å².